The van der Waals surface area contributed by atoms with E-state index in [9.17, 15) is 5.11 Å². The minimum absolute atomic E-state index is 0.826. The van der Waals surface area contributed by atoms with Gasteiger partial charge in [0.25, 0.3) is 0 Å². The van der Waals surface area contributed by atoms with E-state index in [1.54, 1.807) is 19.3 Å². The van der Waals surface area contributed by atoms with E-state index >= 15 is 0 Å². The molecule has 0 aliphatic heterocycles. The maximum atomic E-state index is 10.7. The van der Waals surface area contributed by atoms with Crippen molar-refractivity contribution in [2.24, 2.45) is 0 Å². The van der Waals surface area contributed by atoms with Crippen LogP contribution in [0.1, 0.15) is 23.6 Å². The summed E-state index contributed by atoms with van der Waals surface area (Å²) in [5.41, 5.74) is 1.65. The summed E-state index contributed by atoms with van der Waals surface area (Å²) in [6, 6.07) is 9.59. The maximum Gasteiger partial charge on any atom is 0.115 e. The van der Waals surface area contributed by atoms with Crippen LogP contribution in [-0.4, -0.2) is 10.1 Å². The molecule has 0 saturated carbocycles. The van der Waals surface area contributed by atoms with Gasteiger partial charge in [0, 0.05) is 28.0 Å². The minimum atomic E-state index is -1.04. The molecule has 0 aliphatic carbocycles. The summed E-state index contributed by atoms with van der Waals surface area (Å²) in [6.07, 6.45) is 3.45. The van der Waals surface area contributed by atoms with Crippen LogP contribution >= 0.6 is 15.9 Å². The first-order valence-corrected chi connectivity index (χ1v) is 6.21. The van der Waals surface area contributed by atoms with Crippen molar-refractivity contribution < 1.29 is 5.11 Å². The van der Waals surface area contributed by atoms with Crippen molar-refractivity contribution in [1.82, 2.24) is 4.98 Å². The summed E-state index contributed by atoms with van der Waals surface area (Å²) in [5, 5.41) is 10.7. The van der Waals surface area contributed by atoms with E-state index in [0.29, 0.717) is 0 Å². The molecule has 2 rings (SSSR count). The van der Waals surface area contributed by atoms with Gasteiger partial charge in [0.1, 0.15) is 5.60 Å². The lowest BCUT2D eigenvalue weighted by Crippen LogP contribution is -2.24. The molecule has 0 amide bonds. The molecule has 0 saturated heterocycles. The Kier molecular flexibility index (Phi) is 3.31. The highest BCUT2D eigenvalue weighted by Crippen LogP contribution is 2.34. The third-order valence-electron chi connectivity index (χ3n) is 2.96. The molecular weight excluding hydrogens is 278 g/mol. The lowest BCUT2D eigenvalue weighted by Gasteiger charge is -2.26. The largest absolute Gasteiger partial charge is 0.381 e. The maximum absolute atomic E-state index is 10.7. The van der Waals surface area contributed by atoms with Gasteiger partial charge in [-0.3, -0.25) is 4.98 Å². The van der Waals surface area contributed by atoms with Crippen LogP contribution in [0.2, 0.25) is 0 Å². The molecule has 3 heteroatoms. The number of pyridine rings is 1. The molecule has 0 radical (unpaired) electrons. The van der Waals surface area contributed by atoms with Gasteiger partial charge in [-0.1, -0.05) is 34.1 Å². The zero-order valence-electron chi connectivity index (χ0n) is 9.81. The average Bonchev–Trinajstić information content (AvgIpc) is 2.29. The molecule has 1 unspecified atom stereocenters. The second-order valence-electron chi connectivity index (χ2n) is 4.24. The Morgan fingerprint density at radius 2 is 1.88 bits per heavy atom. The first kappa shape index (κ1) is 12.3. The first-order chi connectivity index (χ1) is 8.03. The second kappa shape index (κ2) is 4.59. The molecule has 17 heavy (non-hydrogen) atoms. The zero-order valence-corrected chi connectivity index (χ0v) is 11.4. The van der Waals surface area contributed by atoms with Crippen molar-refractivity contribution in [3.63, 3.8) is 0 Å². The lowest BCUT2D eigenvalue weighted by atomic mass is 9.87. The third kappa shape index (κ3) is 2.26. The van der Waals surface area contributed by atoms with E-state index in [-0.39, 0.29) is 0 Å². The molecule has 1 aromatic carbocycles. The van der Waals surface area contributed by atoms with Gasteiger partial charge in [0.15, 0.2) is 0 Å². The van der Waals surface area contributed by atoms with E-state index in [1.165, 1.54) is 0 Å². The van der Waals surface area contributed by atoms with E-state index in [2.05, 4.69) is 20.9 Å². The number of aliphatic hydroxyl groups is 1. The predicted octanol–water partition coefficient (Wildman–Crippen LogP) is 3.41. The Labute approximate surface area is 109 Å². The van der Waals surface area contributed by atoms with Gasteiger partial charge in [-0.25, -0.2) is 0 Å². The van der Waals surface area contributed by atoms with E-state index < -0.39 is 5.60 Å². The highest BCUT2D eigenvalue weighted by atomic mass is 79.9. The summed E-state index contributed by atoms with van der Waals surface area (Å²) >= 11 is 3.47. The molecular formula is C14H14BrNO. The Hall–Kier alpha value is -1.19. The van der Waals surface area contributed by atoms with E-state index in [1.807, 2.05) is 37.3 Å². The Morgan fingerprint density at radius 3 is 2.53 bits per heavy atom. The summed E-state index contributed by atoms with van der Waals surface area (Å²) in [6.45, 7) is 3.76. The fraction of sp³-hybridized carbons (Fsp3) is 0.214. The van der Waals surface area contributed by atoms with E-state index in [0.717, 1.165) is 21.2 Å². The molecule has 1 heterocycles. The molecule has 0 aliphatic rings. The monoisotopic (exact) mass is 291 g/mol. The molecule has 2 nitrogen and oxygen atoms in total. The average molecular weight is 292 g/mol. The SMILES string of the molecule is Cc1ccncc1C(C)(O)c1ccccc1Br. The number of benzene rings is 1. The number of halogens is 1. The van der Waals surface area contributed by atoms with Crippen LogP contribution in [0, 0.1) is 6.92 Å². The van der Waals surface area contributed by atoms with Gasteiger partial charge in [-0.05, 0) is 31.5 Å². The highest BCUT2D eigenvalue weighted by molar-refractivity contribution is 9.10. The van der Waals surface area contributed by atoms with Crippen LogP contribution in [0.15, 0.2) is 47.2 Å². The van der Waals surface area contributed by atoms with Gasteiger partial charge in [-0.2, -0.15) is 0 Å². The van der Waals surface area contributed by atoms with Gasteiger partial charge < -0.3 is 5.11 Å². The standard InChI is InChI=1S/C14H14BrNO/c1-10-7-8-16-9-12(10)14(2,17)11-5-3-4-6-13(11)15/h3-9,17H,1-2H3. The molecule has 88 valence electrons. The number of hydrogen-bond acceptors (Lipinski definition) is 2. The molecule has 0 fully saturated rings. The van der Waals surface area contributed by atoms with Crippen molar-refractivity contribution in [3.05, 3.63) is 63.9 Å². The Morgan fingerprint density at radius 1 is 1.18 bits per heavy atom. The summed E-state index contributed by atoms with van der Waals surface area (Å²) < 4.78 is 0.897. The minimum Gasteiger partial charge on any atom is -0.381 e. The third-order valence-corrected chi connectivity index (χ3v) is 3.65. The second-order valence-corrected chi connectivity index (χ2v) is 5.10. The van der Waals surface area contributed by atoms with Gasteiger partial charge in [0.2, 0.25) is 0 Å². The predicted molar refractivity (Wildman–Crippen MR) is 71.8 cm³/mol. The van der Waals surface area contributed by atoms with Crippen molar-refractivity contribution in [2.45, 2.75) is 19.4 Å². The van der Waals surface area contributed by atoms with E-state index in [4.69, 9.17) is 0 Å². The fourth-order valence-electron chi connectivity index (χ4n) is 1.97. The highest BCUT2D eigenvalue weighted by Gasteiger charge is 2.29. The fourth-order valence-corrected chi connectivity index (χ4v) is 2.65. The molecule has 0 bridgehead atoms. The number of aryl methyl sites for hydroxylation is 1. The molecule has 0 spiro atoms. The summed E-state index contributed by atoms with van der Waals surface area (Å²) in [4.78, 5) is 4.09. The number of aromatic nitrogens is 1. The molecule has 1 aromatic heterocycles. The van der Waals surface area contributed by atoms with Crippen molar-refractivity contribution in [3.8, 4) is 0 Å². The molecule has 1 atom stereocenters. The lowest BCUT2D eigenvalue weighted by molar-refractivity contribution is 0.100. The topological polar surface area (TPSA) is 33.1 Å². The molecule has 1 N–H and O–H groups in total. The number of hydrogen-bond donors (Lipinski definition) is 1. The Balaban J connectivity index is 2.58. The van der Waals surface area contributed by atoms with Crippen molar-refractivity contribution in [1.29, 1.82) is 0 Å². The summed E-state index contributed by atoms with van der Waals surface area (Å²) in [5.74, 6) is 0. The van der Waals surface area contributed by atoms with Crippen LogP contribution < -0.4 is 0 Å². The van der Waals surface area contributed by atoms with Crippen molar-refractivity contribution >= 4 is 15.9 Å². The van der Waals surface area contributed by atoms with Crippen LogP contribution in [-0.2, 0) is 5.60 Å². The van der Waals surface area contributed by atoms with Crippen LogP contribution in [0.25, 0.3) is 0 Å². The Bertz CT molecular complexity index is 490. The van der Waals surface area contributed by atoms with Crippen molar-refractivity contribution in [2.75, 3.05) is 0 Å². The zero-order chi connectivity index (χ0) is 12.5. The van der Waals surface area contributed by atoms with Crippen LogP contribution in [0.5, 0.6) is 0 Å². The van der Waals surface area contributed by atoms with Gasteiger partial charge in [-0.15, -0.1) is 0 Å². The van der Waals surface area contributed by atoms with Gasteiger partial charge in [0.05, 0.1) is 0 Å². The van der Waals surface area contributed by atoms with Gasteiger partial charge >= 0.3 is 0 Å². The molecule has 2 aromatic rings. The van der Waals surface area contributed by atoms with Crippen LogP contribution in [0.4, 0.5) is 0 Å². The quantitative estimate of drug-likeness (QED) is 0.920. The summed E-state index contributed by atoms with van der Waals surface area (Å²) in [7, 11) is 0. The van der Waals surface area contributed by atoms with Crippen LogP contribution in [0.3, 0.4) is 0 Å². The number of rotatable bonds is 2. The number of nitrogens with zero attached hydrogens (tertiary/aromatic N) is 1. The normalized spacial score (nSPS) is 14.4. The first-order valence-electron chi connectivity index (χ1n) is 5.42. The smallest absolute Gasteiger partial charge is 0.115 e.